The van der Waals surface area contributed by atoms with Crippen LogP contribution in [0.2, 0.25) is 0 Å². The lowest BCUT2D eigenvalue weighted by molar-refractivity contribution is 1.13. The summed E-state index contributed by atoms with van der Waals surface area (Å²) < 4.78 is 0. The van der Waals surface area contributed by atoms with Crippen LogP contribution in [0, 0.1) is 0 Å². The number of fused-ring (bicyclic) bond motifs is 1. The first-order valence-electron chi connectivity index (χ1n) is 6.58. The van der Waals surface area contributed by atoms with Gasteiger partial charge in [0.05, 0.1) is 11.2 Å². The van der Waals surface area contributed by atoms with Crippen LogP contribution in [0.4, 0.5) is 11.4 Å². The monoisotopic (exact) mass is 263 g/mol. The number of benzene rings is 2. The summed E-state index contributed by atoms with van der Waals surface area (Å²) in [6.07, 6.45) is 0. The van der Waals surface area contributed by atoms with E-state index < -0.39 is 0 Å². The van der Waals surface area contributed by atoms with Crippen LogP contribution in [0.15, 0.2) is 54.6 Å². The maximum atomic E-state index is 6.20. The van der Waals surface area contributed by atoms with E-state index in [1.54, 1.807) is 0 Å². The molecule has 0 spiro atoms. The lowest BCUT2D eigenvalue weighted by Crippen LogP contribution is -2.08. The third-order valence-electron chi connectivity index (χ3n) is 3.41. The topological polar surface area (TPSA) is 42.2 Å². The number of pyridine rings is 1. The largest absolute Gasteiger partial charge is 0.398 e. The second kappa shape index (κ2) is 4.85. The minimum atomic E-state index is 0.762. The second-order valence-corrected chi connectivity index (χ2v) is 5.06. The lowest BCUT2D eigenvalue weighted by atomic mass is 10.1. The molecular weight excluding hydrogens is 246 g/mol. The molecule has 0 saturated heterocycles. The fourth-order valence-corrected chi connectivity index (χ4v) is 2.27. The molecule has 0 bridgehead atoms. The Kier molecular flexibility index (Phi) is 3.03. The molecule has 0 aliphatic carbocycles. The molecule has 2 aromatic carbocycles. The van der Waals surface area contributed by atoms with Crippen molar-refractivity contribution in [3.63, 3.8) is 0 Å². The van der Waals surface area contributed by atoms with Crippen LogP contribution < -0.4 is 10.6 Å². The number of hydrogen-bond donors (Lipinski definition) is 1. The molecule has 0 atom stereocenters. The normalized spacial score (nSPS) is 10.7. The molecule has 0 amide bonds. The van der Waals surface area contributed by atoms with Crippen molar-refractivity contribution in [2.75, 3.05) is 24.7 Å². The van der Waals surface area contributed by atoms with E-state index in [1.807, 2.05) is 56.6 Å². The Labute approximate surface area is 118 Å². The average Bonchev–Trinajstić information content (AvgIpc) is 2.47. The standard InChI is InChI=1S/C17H17N3/c1-20(2)13-8-9-16-14(10-13)15(18)11-17(19-16)12-6-4-3-5-7-12/h3-11H,1-2H3,(H2,18,19). The van der Waals surface area contributed by atoms with Crippen LogP contribution in [0.5, 0.6) is 0 Å². The first-order valence-corrected chi connectivity index (χ1v) is 6.58. The van der Waals surface area contributed by atoms with E-state index in [0.29, 0.717) is 0 Å². The van der Waals surface area contributed by atoms with E-state index in [0.717, 1.165) is 33.5 Å². The number of nitrogens with zero attached hydrogens (tertiary/aromatic N) is 2. The Hall–Kier alpha value is -2.55. The van der Waals surface area contributed by atoms with E-state index in [2.05, 4.69) is 17.0 Å². The Morgan fingerprint density at radius 2 is 1.70 bits per heavy atom. The maximum Gasteiger partial charge on any atom is 0.0731 e. The summed E-state index contributed by atoms with van der Waals surface area (Å²) in [5.41, 5.74) is 11.0. The van der Waals surface area contributed by atoms with Crippen LogP contribution in [0.3, 0.4) is 0 Å². The predicted molar refractivity (Wildman–Crippen MR) is 85.9 cm³/mol. The van der Waals surface area contributed by atoms with E-state index in [9.17, 15) is 0 Å². The van der Waals surface area contributed by atoms with Gasteiger partial charge in [-0.15, -0.1) is 0 Å². The highest BCUT2D eigenvalue weighted by molar-refractivity contribution is 5.94. The predicted octanol–water partition coefficient (Wildman–Crippen LogP) is 3.55. The minimum absolute atomic E-state index is 0.762. The zero-order chi connectivity index (χ0) is 14.1. The molecule has 0 radical (unpaired) electrons. The van der Waals surface area contributed by atoms with Gasteiger partial charge >= 0.3 is 0 Å². The molecule has 1 heterocycles. The van der Waals surface area contributed by atoms with E-state index in [1.165, 1.54) is 0 Å². The van der Waals surface area contributed by atoms with Crippen molar-refractivity contribution in [2.24, 2.45) is 0 Å². The number of aromatic nitrogens is 1. The Balaban J connectivity index is 2.18. The molecule has 3 heteroatoms. The summed E-state index contributed by atoms with van der Waals surface area (Å²) in [5.74, 6) is 0. The number of nitrogens with two attached hydrogens (primary N) is 1. The van der Waals surface area contributed by atoms with Gasteiger partial charge in [0, 0.05) is 36.4 Å². The molecule has 0 unspecified atom stereocenters. The molecule has 0 aliphatic heterocycles. The Morgan fingerprint density at radius 3 is 2.40 bits per heavy atom. The van der Waals surface area contributed by atoms with E-state index >= 15 is 0 Å². The molecule has 0 fully saturated rings. The van der Waals surface area contributed by atoms with Crippen molar-refractivity contribution in [1.82, 2.24) is 4.98 Å². The first-order chi connectivity index (χ1) is 9.65. The van der Waals surface area contributed by atoms with Crippen molar-refractivity contribution in [3.8, 4) is 11.3 Å². The van der Waals surface area contributed by atoms with Crippen molar-refractivity contribution in [3.05, 3.63) is 54.6 Å². The Bertz CT molecular complexity index is 749. The summed E-state index contributed by atoms with van der Waals surface area (Å²) in [6.45, 7) is 0. The smallest absolute Gasteiger partial charge is 0.0731 e. The fraction of sp³-hybridized carbons (Fsp3) is 0.118. The quantitative estimate of drug-likeness (QED) is 0.768. The Morgan fingerprint density at radius 1 is 0.950 bits per heavy atom. The van der Waals surface area contributed by atoms with Crippen LogP contribution >= 0.6 is 0 Å². The third-order valence-corrected chi connectivity index (χ3v) is 3.41. The zero-order valence-corrected chi connectivity index (χ0v) is 11.7. The second-order valence-electron chi connectivity index (χ2n) is 5.06. The molecule has 1 aromatic heterocycles. The van der Waals surface area contributed by atoms with Crippen molar-refractivity contribution >= 4 is 22.3 Å². The fourth-order valence-electron chi connectivity index (χ4n) is 2.27. The van der Waals surface area contributed by atoms with Gasteiger partial charge in [-0.3, -0.25) is 0 Å². The van der Waals surface area contributed by atoms with Gasteiger partial charge in [0.15, 0.2) is 0 Å². The molecule has 2 N–H and O–H groups in total. The zero-order valence-electron chi connectivity index (χ0n) is 11.7. The molecular formula is C17H17N3. The molecule has 100 valence electrons. The molecule has 0 aliphatic rings. The van der Waals surface area contributed by atoms with Crippen LogP contribution in [0.25, 0.3) is 22.2 Å². The first kappa shape index (κ1) is 12.5. The van der Waals surface area contributed by atoms with Gasteiger partial charge in [-0.05, 0) is 24.3 Å². The van der Waals surface area contributed by atoms with Gasteiger partial charge in [-0.25, -0.2) is 4.98 Å². The SMILES string of the molecule is CN(C)c1ccc2nc(-c3ccccc3)cc(N)c2c1. The summed E-state index contributed by atoms with van der Waals surface area (Å²) >= 11 is 0. The summed E-state index contributed by atoms with van der Waals surface area (Å²) in [6, 6.07) is 18.2. The molecule has 0 saturated carbocycles. The third kappa shape index (κ3) is 2.18. The summed E-state index contributed by atoms with van der Waals surface area (Å²) in [7, 11) is 4.03. The highest BCUT2D eigenvalue weighted by Gasteiger charge is 2.07. The van der Waals surface area contributed by atoms with Crippen molar-refractivity contribution in [1.29, 1.82) is 0 Å². The molecule has 3 rings (SSSR count). The summed E-state index contributed by atoms with van der Waals surface area (Å²) in [5, 5.41) is 0.996. The van der Waals surface area contributed by atoms with Crippen molar-refractivity contribution in [2.45, 2.75) is 0 Å². The van der Waals surface area contributed by atoms with Gasteiger partial charge < -0.3 is 10.6 Å². The van der Waals surface area contributed by atoms with Crippen LogP contribution in [-0.2, 0) is 0 Å². The van der Waals surface area contributed by atoms with E-state index in [4.69, 9.17) is 10.7 Å². The van der Waals surface area contributed by atoms with Crippen LogP contribution in [0.1, 0.15) is 0 Å². The van der Waals surface area contributed by atoms with Crippen molar-refractivity contribution < 1.29 is 0 Å². The lowest BCUT2D eigenvalue weighted by Gasteiger charge is -2.14. The number of rotatable bonds is 2. The highest BCUT2D eigenvalue weighted by Crippen LogP contribution is 2.28. The maximum absolute atomic E-state index is 6.20. The average molecular weight is 263 g/mol. The van der Waals surface area contributed by atoms with Gasteiger partial charge in [0.1, 0.15) is 0 Å². The number of hydrogen-bond acceptors (Lipinski definition) is 3. The number of anilines is 2. The molecule has 3 nitrogen and oxygen atoms in total. The minimum Gasteiger partial charge on any atom is -0.398 e. The molecule has 3 aromatic rings. The highest BCUT2D eigenvalue weighted by atomic mass is 15.1. The van der Waals surface area contributed by atoms with Gasteiger partial charge in [-0.1, -0.05) is 30.3 Å². The summed E-state index contributed by atoms with van der Waals surface area (Å²) in [4.78, 5) is 6.77. The van der Waals surface area contributed by atoms with Gasteiger partial charge in [-0.2, -0.15) is 0 Å². The molecule has 20 heavy (non-hydrogen) atoms. The van der Waals surface area contributed by atoms with Gasteiger partial charge in [0.2, 0.25) is 0 Å². The number of nitrogen functional groups attached to an aromatic ring is 1. The van der Waals surface area contributed by atoms with Crippen LogP contribution in [-0.4, -0.2) is 19.1 Å². The van der Waals surface area contributed by atoms with Gasteiger partial charge in [0.25, 0.3) is 0 Å². The van der Waals surface area contributed by atoms with E-state index in [-0.39, 0.29) is 0 Å².